The summed E-state index contributed by atoms with van der Waals surface area (Å²) >= 11 is 0. The zero-order chi connectivity index (χ0) is 32.6. The largest absolute Gasteiger partial charge is 0.497 e. The van der Waals surface area contributed by atoms with Crippen LogP contribution in [0.1, 0.15) is 77.3 Å². The molecule has 1 aromatic heterocycles. The summed E-state index contributed by atoms with van der Waals surface area (Å²) in [5.74, 6) is 1.40. The van der Waals surface area contributed by atoms with Crippen molar-refractivity contribution in [2.24, 2.45) is 23.7 Å². The number of hydrogen-bond acceptors (Lipinski definition) is 9. The van der Waals surface area contributed by atoms with Crippen LogP contribution in [0.15, 0.2) is 54.7 Å². The van der Waals surface area contributed by atoms with Gasteiger partial charge in [-0.25, -0.2) is 9.78 Å². The second-order valence-electron chi connectivity index (χ2n) is 14.5. The SMILES string of the molecule is COc1cc(NC(C)CCCNCc2ccc(CO[C@H]3O[C@@H]4O[C@@]5(C)CC[C@H]6[C@H](C)CC[C@@H]([C@H]3C)[C@@]46OO5)cc2)c2ncccc2c1. The highest BCUT2D eigenvalue weighted by atomic mass is 17.3. The smallest absolute Gasteiger partial charge is 0.201 e. The molecule has 4 saturated heterocycles. The van der Waals surface area contributed by atoms with Crippen molar-refractivity contribution in [3.05, 3.63) is 65.9 Å². The maximum absolute atomic E-state index is 6.59. The summed E-state index contributed by atoms with van der Waals surface area (Å²) in [6.45, 7) is 11.0. The summed E-state index contributed by atoms with van der Waals surface area (Å²) in [4.78, 5) is 16.8. The van der Waals surface area contributed by atoms with Crippen LogP contribution in [0.2, 0.25) is 0 Å². The molecule has 2 bridgehead atoms. The van der Waals surface area contributed by atoms with E-state index in [1.54, 1.807) is 7.11 Å². The van der Waals surface area contributed by atoms with Crippen molar-refractivity contribution < 1.29 is 28.7 Å². The van der Waals surface area contributed by atoms with Gasteiger partial charge in [0.25, 0.3) is 0 Å². The molecule has 4 aliphatic heterocycles. The molecule has 9 atom stereocenters. The molecule has 254 valence electrons. The molecule has 1 spiro atoms. The van der Waals surface area contributed by atoms with E-state index in [4.69, 9.17) is 28.7 Å². The van der Waals surface area contributed by atoms with Crippen LogP contribution in [0, 0.1) is 23.7 Å². The normalized spacial score (nSPS) is 33.6. The fourth-order valence-corrected chi connectivity index (χ4v) is 8.49. The Balaban J connectivity index is 0.868. The number of nitrogens with one attached hydrogen (secondary N) is 2. The van der Waals surface area contributed by atoms with Gasteiger partial charge in [-0.2, -0.15) is 0 Å². The van der Waals surface area contributed by atoms with Gasteiger partial charge in [-0.05, 0) is 87.6 Å². The fourth-order valence-electron chi connectivity index (χ4n) is 8.49. The molecule has 2 N–H and O–H groups in total. The number of benzene rings is 2. The predicted octanol–water partition coefficient (Wildman–Crippen LogP) is 7.34. The number of fused-ring (bicyclic) bond motifs is 3. The summed E-state index contributed by atoms with van der Waals surface area (Å²) in [5.41, 5.74) is 3.82. The van der Waals surface area contributed by atoms with Crippen LogP contribution >= 0.6 is 0 Å². The monoisotopic (exact) mass is 645 g/mol. The van der Waals surface area contributed by atoms with Crippen molar-refractivity contribution in [1.82, 2.24) is 10.3 Å². The van der Waals surface area contributed by atoms with Crippen molar-refractivity contribution in [2.45, 2.75) is 109 Å². The number of ether oxygens (including phenoxy) is 4. The van der Waals surface area contributed by atoms with Crippen molar-refractivity contribution in [3.63, 3.8) is 0 Å². The highest BCUT2D eigenvalue weighted by molar-refractivity contribution is 5.91. The van der Waals surface area contributed by atoms with Crippen LogP contribution in [0.4, 0.5) is 5.69 Å². The summed E-state index contributed by atoms with van der Waals surface area (Å²) in [5, 5.41) is 8.31. The molecule has 2 aromatic carbocycles. The Morgan fingerprint density at radius 3 is 2.68 bits per heavy atom. The van der Waals surface area contributed by atoms with Crippen LogP contribution < -0.4 is 15.4 Å². The maximum atomic E-state index is 6.59. The van der Waals surface area contributed by atoms with Crippen LogP contribution in [-0.4, -0.2) is 48.6 Å². The van der Waals surface area contributed by atoms with E-state index in [9.17, 15) is 0 Å². The van der Waals surface area contributed by atoms with Crippen LogP contribution in [0.25, 0.3) is 10.9 Å². The zero-order valence-corrected chi connectivity index (χ0v) is 28.5. The first-order valence-corrected chi connectivity index (χ1v) is 17.6. The maximum Gasteiger partial charge on any atom is 0.201 e. The number of aromatic nitrogens is 1. The van der Waals surface area contributed by atoms with Crippen molar-refractivity contribution in [1.29, 1.82) is 0 Å². The zero-order valence-electron chi connectivity index (χ0n) is 28.5. The highest BCUT2D eigenvalue weighted by Crippen LogP contribution is 2.60. The Hall–Kier alpha value is -2.79. The summed E-state index contributed by atoms with van der Waals surface area (Å²) in [6.07, 6.45) is 7.21. The Labute approximate surface area is 278 Å². The molecule has 5 aliphatic rings. The van der Waals surface area contributed by atoms with Gasteiger partial charge in [-0.3, -0.25) is 4.98 Å². The van der Waals surface area contributed by atoms with E-state index >= 15 is 0 Å². The molecule has 1 saturated carbocycles. The fraction of sp³-hybridized carbons (Fsp3) is 0.605. The van der Waals surface area contributed by atoms with Gasteiger partial charge in [0.2, 0.25) is 5.79 Å². The first-order chi connectivity index (χ1) is 22.8. The third kappa shape index (κ3) is 6.51. The van der Waals surface area contributed by atoms with Gasteiger partial charge in [-0.1, -0.05) is 44.2 Å². The molecule has 9 heteroatoms. The topological polar surface area (TPSA) is 92.3 Å². The van der Waals surface area contributed by atoms with E-state index in [0.29, 0.717) is 24.5 Å². The highest BCUT2D eigenvalue weighted by Gasteiger charge is 2.69. The predicted molar refractivity (Wildman–Crippen MR) is 180 cm³/mol. The van der Waals surface area contributed by atoms with Gasteiger partial charge < -0.3 is 29.6 Å². The van der Waals surface area contributed by atoms with E-state index in [0.717, 1.165) is 73.1 Å². The number of hydrogen-bond donors (Lipinski definition) is 2. The molecule has 47 heavy (non-hydrogen) atoms. The Kier molecular flexibility index (Phi) is 9.48. The minimum atomic E-state index is -0.772. The van der Waals surface area contributed by atoms with Gasteiger partial charge in [0.15, 0.2) is 18.2 Å². The Morgan fingerprint density at radius 1 is 1.02 bits per heavy atom. The molecule has 1 unspecified atom stereocenters. The third-order valence-corrected chi connectivity index (χ3v) is 11.2. The number of anilines is 1. The second kappa shape index (κ2) is 13.6. The van der Waals surface area contributed by atoms with E-state index in [1.165, 1.54) is 12.0 Å². The van der Waals surface area contributed by atoms with E-state index in [-0.39, 0.29) is 18.1 Å². The molecular formula is C38H51N3O6. The minimum Gasteiger partial charge on any atom is -0.497 e. The van der Waals surface area contributed by atoms with E-state index in [2.05, 4.69) is 66.7 Å². The van der Waals surface area contributed by atoms with Crippen LogP contribution in [-0.2, 0) is 37.1 Å². The lowest BCUT2D eigenvalue weighted by molar-refractivity contribution is -0.577. The third-order valence-electron chi connectivity index (χ3n) is 11.2. The lowest BCUT2D eigenvalue weighted by atomic mass is 9.58. The molecule has 5 heterocycles. The summed E-state index contributed by atoms with van der Waals surface area (Å²) < 4.78 is 25.0. The van der Waals surface area contributed by atoms with Crippen molar-refractivity contribution >= 4 is 16.6 Å². The quantitative estimate of drug-likeness (QED) is 0.155. The van der Waals surface area contributed by atoms with Crippen LogP contribution in [0.5, 0.6) is 5.75 Å². The van der Waals surface area contributed by atoms with E-state index in [1.807, 2.05) is 31.3 Å². The Bertz CT molecular complexity index is 1520. The first kappa shape index (κ1) is 32.7. The average molecular weight is 646 g/mol. The number of nitrogens with zero attached hydrogens (tertiary/aromatic N) is 1. The minimum absolute atomic E-state index is 0.170. The van der Waals surface area contributed by atoms with Gasteiger partial charge in [0, 0.05) is 48.5 Å². The molecule has 0 radical (unpaired) electrons. The Morgan fingerprint density at radius 2 is 1.85 bits per heavy atom. The summed E-state index contributed by atoms with van der Waals surface area (Å²) in [7, 11) is 1.70. The lowest BCUT2D eigenvalue weighted by Crippen LogP contribution is -2.70. The molecule has 5 fully saturated rings. The first-order valence-electron chi connectivity index (χ1n) is 17.6. The second-order valence-corrected chi connectivity index (χ2v) is 14.5. The molecule has 3 aromatic rings. The molecule has 8 rings (SSSR count). The molecular weight excluding hydrogens is 594 g/mol. The summed E-state index contributed by atoms with van der Waals surface area (Å²) in [6, 6.07) is 17.1. The van der Waals surface area contributed by atoms with Gasteiger partial charge in [-0.15, -0.1) is 0 Å². The van der Waals surface area contributed by atoms with Crippen molar-refractivity contribution in [2.75, 3.05) is 19.0 Å². The van der Waals surface area contributed by atoms with Crippen LogP contribution in [0.3, 0.4) is 0 Å². The average Bonchev–Trinajstić information content (AvgIpc) is 3.31. The molecule has 9 nitrogen and oxygen atoms in total. The number of methoxy groups -OCH3 is 1. The number of rotatable bonds is 12. The lowest BCUT2D eigenvalue weighted by Gasteiger charge is -2.60. The van der Waals surface area contributed by atoms with Gasteiger partial charge >= 0.3 is 0 Å². The molecule has 0 amide bonds. The standard InChI is InChI=1S/C38H51N3O6/c1-24-10-15-32-26(3)35(44-36-38(32)31(24)16-17-37(4,45-36)46-47-38)43-23-28-13-11-27(12-14-28)22-39-18-6-8-25(2)41-33-21-30(42-5)20-29-9-7-19-40-34(29)33/h7,9,11-14,19-21,24-26,31-32,35-36,39,41H,6,8,10,15-18,22-23H2,1-5H3/t24-,25?,26-,31+,32+,35+,36-,37-,38-/m1/s1. The van der Waals surface area contributed by atoms with Gasteiger partial charge in [0.05, 0.1) is 24.9 Å². The van der Waals surface area contributed by atoms with Gasteiger partial charge in [0.1, 0.15) is 5.75 Å². The molecule has 1 aliphatic carbocycles. The van der Waals surface area contributed by atoms with E-state index < -0.39 is 17.7 Å². The van der Waals surface area contributed by atoms with Crippen molar-refractivity contribution in [3.8, 4) is 5.75 Å². The number of pyridine rings is 1.